The third-order valence-electron chi connectivity index (χ3n) is 3.85. The molecule has 0 spiro atoms. The molecule has 1 unspecified atom stereocenters. The van der Waals surface area contributed by atoms with Crippen LogP contribution >= 0.6 is 11.5 Å². The molecule has 0 radical (unpaired) electrons. The number of esters is 1. The molecule has 0 saturated heterocycles. The lowest BCUT2D eigenvalue weighted by atomic mass is 10.0. The second-order valence-corrected chi connectivity index (χ2v) is 7.24. The van der Waals surface area contributed by atoms with Crippen molar-refractivity contribution in [2.24, 2.45) is 5.92 Å². The highest BCUT2D eigenvalue weighted by atomic mass is 32.1. The van der Waals surface area contributed by atoms with E-state index in [2.05, 4.69) is 15.0 Å². The molecule has 2 aromatic rings. The maximum Gasteiger partial charge on any atom is 0.328 e. The van der Waals surface area contributed by atoms with Gasteiger partial charge in [0.05, 0.1) is 18.4 Å². The van der Waals surface area contributed by atoms with Crippen molar-refractivity contribution in [1.82, 2.24) is 9.69 Å². The number of amides is 2. The van der Waals surface area contributed by atoms with Gasteiger partial charge in [0, 0.05) is 5.56 Å². The van der Waals surface area contributed by atoms with Crippen LogP contribution in [0.3, 0.4) is 0 Å². The second kappa shape index (κ2) is 9.27. The van der Waals surface area contributed by atoms with Gasteiger partial charge in [-0.15, -0.1) is 0 Å². The van der Waals surface area contributed by atoms with E-state index < -0.39 is 17.9 Å². The van der Waals surface area contributed by atoms with Crippen molar-refractivity contribution >= 4 is 34.3 Å². The zero-order valence-electron chi connectivity index (χ0n) is 15.7. The van der Waals surface area contributed by atoms with Crippen molar-refractivity contribution in [3.05, 3.63) is 47.2 Å². The molecule has 2 amide bonds. The molecule has 144 valence electrons. The Morgan fingerprint density at radius 1 is 1.15 bits per heavy atom. The monoisotopic (exact) mass is 389 g/mol. The summed E-state index contributed by atoms with van der Waals surface area (Å²) in [4.78, 5) is 37.1. The maximum absolute atomic E-state index is 12.8. The topological polar surface area (TPSA) is 97.4 Å². The number of aryl methyl sites for hydroxylation is 1. The minimum Gasteiger partial charge on any atom is -0.467 e. The standard InChI is InChI=1S/C19H23N3O4S/c1-11(2)10-14(19(25)26-4)20-17(24)15-12(3)22-27-18(15)21-16(23)13-8-6-5-7-9-13/h5-9,11,14H,10H2,1-4H3,(H,20,24)(H,21,23). The molecule has 1 heterocycles. The molecule has 1 atom stereocenters. The predicted octanol–water partition coefficient (Wildman–Crippen LogP) is 3.02. The van der Waals surface area contributed by atoms with Crippen molar-refractivity contribution in [1.29, 1.82) is 0 Å². The summed E-state index contributed by atoms with van der Waals surface area (Å²) in [5.74, 6) is -1.12. The molecule has 0 aliphatic heterocycles. The van der Waals surface area contributed by atoms with Crippen LogP contribution in [0.2, 0.25) is 0 Å². The number of hydrogen-bond donors (Lipinski definition) is 2. The molecule has 0 saturated carbocycles. The summed E-state index contributed by atoms with van der Waals surface area (Å²) in [6.07, 6.45) is 0.445. The highest BCUT2D eigenvalue weighted by molar-refractivity contribution is 7.11. The van der Waals surface area contributed by atoms with Crippen LogP contribution in [-0.2, 0) is 9.53 Å². The Balaban J connectivity index is 2.20. The number of nitrogens with zero attached hydrogens (tertiary/aromatic N) is 1. The molecular weight excluding hydrogens is 366 g/mol. The van der Waals surface area contributed by atoms with E-state index in [4.69, 9.17) is 4.74 Å². The number of aromatic nitrogens is 1. The third-order valence-corrected chi connectivity index (χ3v) is 4.70. The van der Waals surface area contributed by atoms with Gasteiger partial charge in [-0.05, 0) is 42.9 Å². The van der Waals surface area contributed by atoms with Crippen LogP contribution in [0.4, 0.5) is 5.00 Å². The average molecular weight is 389 g/mol. The zero-order valence-corrected chi connectivity index (χ0v) is 16.6. The van der Waals surface area contributed by atoms with E-state index in [1.807, 2.05) is 19.9 Å². The first-order valence-electron chi connectivity index (χ1n) is 8.54. The lowest BCUT2D eigenvalue weighted by Gasteiger charge is -2.18. The zero-order chi connectivity index (χ0) is 20.0. The lowest BCUT2D eigenvalue weighted by molar-refractivity contribution is -0.143. The Morgan fingerprint density at radius 2 is 1.81 bits per heavy atom. The lowest BCUT2D eigenvalue weighted by Crippen LogP contribution is -2.42. The average Bonchev–Trinajstić information content (AvgIpc) is 3.01. The molecule has 1 aromatic heterocycles. The Hall–Kier alpha value is -2.74. The SMILES string of the molecule is COC(=O)C(CC(C)C)NC(=O)c1c(C)nsc1NC(=O)c1ccccc1. The van der Waals surface area contributed by atoms with Gasteiger partial charge in [-0.3, -0.25) is 9.59 Å². The minimum atomic E-state index is -0.764. The van der Waals surface area contributed by atoms with Gasteiger partial charge in [0.25, 0.3) is 11.8 Å². The van der Waals surface area contributed by atoms with Gasteiger partial charge in [-0.2, -0.15) is 4.37 Å². The number of carbonyl (C=O) groups is 3. The molecule has 0 aliphatic carbocycles. The number of methoxy groups -OCH3 is 1. The van der Waals surface area contributed by atoms with Crippen LogP contribution in [0.15, 0.2) is 30.3 Å². The summed E-state index contributed by atoms with van der Waals surface area (Å²) in [7, 11) is 1.28. The number of hydrogen-bond acceptors (Lipinski definition) is 6. The number of nitrogens with one attached hydrogen (secondary N) is 2. The van der Waals surface area contributed by atoms with Crippen LogP contribution in [0.1, 0.15) is 46.7 Å². The maximum atomic E-state index is 12.8. The number of ether oxygens (including phenoxy) is 1. The fraction of sp³-hybridized carbons (Fsp3) is 0.368. The normalized spacial score (nSPS) is 11.7. The van der Waals surface area contributed by atoms with Crippen LogP contribution in [0, 0.1) is 12.8 Å². The summed E-state index contributed by atoms with van der Waals surface area (Å²) in [6.45, 7) is 5.58. The van der Waals surface area contributed by atoms with Gasteiger partial charge in [0.2, 0.25) is 0 Å². The largest absolute Gasteiger partial charge is 0.467 e. The highest BCUT2D eigenvalue weighted by Gasteiger charge is 2.27. The fourth-order valence-electron chi connectivity index (χ4n) is 2.55. The van der Waals surface area contributed by atoms with E-state index >= 15 is 0 Å². The second-order valence-electron chi connectivity index (χ2n) is 6.47. The molecule has 2 N–H and O–H groups in total. The molecule has 7 nitrogen and oxygen atoms in total. The predicted molar refractivity (Wildman–Crippen MR) is 104 cm³/mol. The van der Waals surface area contributed by atoms with Crippen LogP contribution in [-0.4, -0.2) is 35.3 Å². The first-order valence-corrected chi connectivity index (χ1v) is 9.32. The van der Waals surface area contributed by atoms with Gasteiger partial charge < -0.3 is 15.4 Å². The molecular formula is C19H23N3O4S. The van der Waals surface area contributed by atoms with E-state index in [9.17, 15) is 14.4 Å². The quantitative estimate of drug-likeness (QED) is 0.710. The van der Waals surface area contributed by atoms with Crippen LogP contribution in [0.25, 0.3) is 0 Å². The molecule has 8 heteroatoms. The van der Waals surface area contributed by atoms with Gasteiger partial charge >= 0.3 is 5.97 Å². The molecule has 0 aliphatic rings. The third kappa shape index (κ3) is 5.37. The number of anilines is 1. The van der Waals surface area contributed by atoms with Crippen molar-refractivity contribution < 1.29 is 19.1 Å². The fourth-order valence-corrected chi connectivity index (χ4v) is 3.33. The Labute approximate surface area is 162 Å². The smallest absolute Gasteiger partial charge is 0.328 e. The van der Waals surface area contributed by atoms with Gasteiger partial charge in [-0.1, -0.05) is 32.0 Å². The summed E-state index contributed by atoms with van der Waals surface area (Å²) in [5.41, 5.74) is 1.21. The summed E-state index contributed by atoms with van der Waals surface area (Å²) >= 11 is 1.02. The first-order chi connectivity index (χ1) is 12.8. The molecule has 0 fully saturated rings. The molecule has 0 bridgehead atoms. The van der Waals surface area contributed by atoms with E-state index in [0.29, 0.717) is 22.7 Å². The number of benzene rings is 1. The Morgan fingerprint density at radius 3 is 2.41 bits per heavy atom. The summed E-state index contributed by atoms with van der Waals surface area (Å²) in [6, 6.07) is 7.92. The van der Waals surface area contributed by atoms with E-state index in [1.165, 1.54) is 7.11 Å². The molecule has 27 heavy (non-hydrogen) atoms. The van der Waals surface area contributed by atoms with E-state index in [-0.39, 0.29) is 17.4 Å². The van der Waals surface area contributed by atoms with Gasteiger partial charge in [0.1, 0.15) is 11.0 Å². The van der Waals surface area contributed by atoms with Crippen LogP contribution < -0.4 is 10.6 Å². The number of rotatable bonds is 7. The Bertz CT molecular complexity index is 818. The van der Waals surface area contributed by atoms with E-state index in [1.54, 1.807) is 31.2 Å². The molecule has 1 aromatic carbocycles. The van der Waals surface area contributed by atoms with Crippen LogP contribution in [0.5, 0.6) is 0 Å². The van der Waals surface area contributed by atoms with E-state index in [0.717, 1.165) is 11.5 Å². The minimum absolute atomic E-state index is 0.188. The highest BCUT2D eigenvalue weighted by Crippen LogP contribution is 2.25. The summed E-state index contributed by atoms with van der Waals surface area (Å²) in [5, 5.41) is 5.76. The molecule has 2 rings (SSSR count). The van der Waals surface area contributed by atoms with Crippen molar-refractivity contribution in [2.45, 2.75) is 33.2 Å². The first kappa shape index (κ1) is 20.6. The Kier molecular flexibility index (Phi) is 7.06. The van der Waals surface area contributed by atoms with Crippen molar-refractivity contribution in [3.63, 3.8) is 0 Å². The van der Waals surface area contributed by atoms with Crippen molar-refractivity contribution in [3.8, 4) is 0 Å². The number of carbonyl (C=O) groups excluding carboxylic acids is 3. The van der Waals surface area contributed by atoms with Crippen molar-refractivity contribution in [2.75, 3.05) is 12.4 Å². The summed E-state index contributed by atoms with van der Waals surface area (Å²) < 4.78 is 8.95. The van der Waals surface area contributed by atoms with Gasteiger partial charge in [-0.25, -0.2) is 4.79 Å². The van der Waals surface area contributed by atoms with Gasteiger partial charge in [0.15, 0.2) is 0 Å².